The highest BCUT2D eigenvalue weighted by molar-refractivity contribution is 7.99. The second-order valence-corrected chi connectivity index (χ2v) is 8.55. The molecule has 0 amide bonds. The lowest BCUT2D eigenvalue weighted by molar-refractivity contribution is 0.101. The minimum atomic E-state index is 0.0200. The Balaban J connectivity index is 1.60. The number of methoxy groups -OCH3 is 2. The van der Waals surface area contributed by atoms with Crippen molar-refractivity contribution in [2.45, 2.75) is 43.3 Å². The van der Waals surface area contributed by atoms with Crippen LogP contribution >= 0.6 is 11.8 Å². The van der Waals surface area contributed by atoms with Crippen LogP contribution in [0.25, 0.3) is 11.4 Å². The van der Waals surface area contributed by atoms with E-state index in [9.17, 15) is 4.79 Å². The second kappa shape index (κ2) is 10.0. The highest BCUT2D eigenvalue weighted by Gasteiger charge is 2.24. The lowest BCUT2D eigenvalue weighted by Gasteiger charge is -2.25. The third-order valence-corrected chi connectivity index (χ3v) is 6.64. The van der Waals surface area contributed by atoms with E-state index in [1.807, 2.05) is 42.5 Å². The van der Waals surface area contributed by atoms with Gasteiger partial charge in [-0.25, -0.2) is 0 Å². The fraction of sp³-hybridized carbons (Fsp3) is 0.375. The molecule has 0 atom stereocenters. The molecule has 0 radical (unpaired) electrons. The first-order valence-corrected chi connectivity index (χ1v) is 11.6. The average molecular weight is 438 g/mol. The van der Waals surface area contributed by atoms with Crippen LogP contribution < -0.4 is 9.47 Å². The van der Waals surface area contributed by atoms with Crippen molar-refractivity contribution in [1.82, 2.24) is 14.8 Å². The summed E-state index contributed by atoms with van der Waals surface area (Å²) in [7, 11) is 3.24. The molecule has 1 saturated carbocycles. The van der Waals surface area contributed by atoms with Crippen LogP contribution in [0.4, 0.5) is 0 Å². The Labute approximate surface area is 187 Å². The topological polar surface area (TPSA) is 66.2 Å². The molecule has 0 aliphatic heterocycles. The van der Waals surface area contributed by atoms with Crippen LogP contribution in [0.3, 0.4) is 0 Å². The number of carbonyl (C=O) groups excluding carboxylic acids is 1. The molecule has 7 heteroatoms. The molecule has 1 aliphatic carbocycles. The van der Waals surface area contributed by atoms with Crippen LogP contribution in [0.15, 0.2) is 53.7 Å². The first-order chi connectivity index (χ1) is 15.2. The van der Waals surface area contributed by atoms with Gasteiger partial charge in [-0.2, -0.15) is 0 Å². The molecule has 31 heavy (non-hydrogen) atoms. The Kier molecular flexibility index (Phi) is 6.92. The van der Waals surface area contributed by atoms with Gasteiger partial charge in [-0.15, -0.1) is 10.2 Å². The second-order valence-electron chi connectivity index (χ2n) is 7.61. The number of thioether (sulfide) groups is 1. The minimum absolute atomic E-state index is 0.0200. The van der Waals surface area contributed by atoms with Crippen molar-refractivity contribution in [1.29, 1.82) is 0 Å². The predicted molar refractivity (Wildman–Crippen MR) is 122 cm³/mol. The van der Waals surface area contributed by atoms with Gasteiger partial charge in [0.15, 0.2) is 16.8 Å². The van der Waals surface area contributed by atoms with Crippen molar-refractivity contribution >= 4 is 17.5 Å². The zero-order valence-electron chi connectivity index (χ0n) is 17.9. The number of aromatic nitrogens is 3. The number of carbonyl (C=O) groups is 1. The highest BCUT2D eigenvalue weighted by atomic mass is 32.2. The van der Waals surface area contributed by atoms with Crippen molar-refractivity contribution in [3.8, 4) is 22.9 Å². The SMILES string of the molecule is COc1ccc(-c2nnc(SCC(=O)c3ccccc3OC)n2C2CCCCC2)cc1. The summed E-state index contributed by atoms with van der Waals surface area (Å²) in [4.78, 5) is 12.9. The minimum Gasteiger partial charge on any atom is -0.497 e. The molecule has 0 N–H and O–H groups in total. The van der Waals surface area contributed by atoms with Crippen LogP contribution in [-0.2, 0) is 0 Å². The number of hydrogen-bond acceptors (Lipinski definition) is 6. The number of hydrogen-bond donors (Lipinski definition) is 0. The van der Waals surface area contributed by atoms with Gasteiger partial charge in [-0.1, -0.05) is 43.2 Å². The van der Waals surface area contributed by atoms with Crippen molar-refractivity contribution in [2.75, 3.05) is 20.0 Å². The molecule has 1 aromatic heterocycles. The zero-order chi connectivity index (χ0) is 21.6. The van der Waals surface area contributed by atoms with Crippen molar-refractivity contribution in [2.24, 2.45) is 0 Å². The molecule has 1 heterocycles. The van der Waals surface area contributed by atoms with E-state index in [0.29, 0.717) is 17.4 Å². The van der Waals surface area contributed by atoms with E-state index in [0.717, 1.165) is 35.1 Å². The molecule has 0 spiro atoms. The molecule has 2 aromatic carbocycles. The molecule has 1 aliphatic rings. The van der Waals surface area contributed by atoms with Crippen LogP contribution in [0, 0.1) is 0 Å². The van der Waals surface area contributed by atoms with Gasteiger partial charge in [-0.3, -0.25) is 9.36 Å². The van der Waals surface area contributed by atoms with Crippen LogP contribution in [0.2, 0.25) is 0 Å². The maximum absolute atomic E-state index is 12.9. The van der Waals surface area contributed by atoms with Gasteiger partial charge in [0.2, 0.25) is 0 Å². The van der Waals surface area contributed by atoms with Crippen molar-refractivity contribution < 1.29 is 14.3 Å². The highest BCUT2D eigenvalue weighted by Crippen LogP contribution is 2.36. The molecule has 0 saturated heterocycles. The van der Waals surface area contributed by atoms with E-state index in [1.165, 1.54) is 31.0 Å². The maximum atomic E-state index is 12.9. The molecule has 6 nitrogen and oxygen atoms in total. The average Bonchev–Trinajstić information content (AvgIpc) is 3.27. The Morgan fingerprint density at radius 3 is 2.45 bits per heavy atom. The number of para-hydroxylation sites is 1. The van der Waals surface area contributed by atoms with Gasteiger partial charge in [0.25, 0.3) is 0 Å². The fourth-order valence-corrected chi connectivity index (χ4v) is 4.95. The maximum Gasteiger partial charge on any atom is 0.192 e. The van der Waals surface area contributed by atoms with Crippen molar-refractivity contribution in [3.63, 3.8) is 0 Å². The monoisotopic (exact) mass is 437 g/mol. The van der Waals surface area contributed by atoms with Crippen molar-refractivity contribution in [3.05, 3.63) is 54.1 Å². The molecule has 0 bridgehead atoms. The van der Waals surface area contributed by atoms with E-state index >= 15 is 0 Å². The number of ether oxygens (including phenoxy) is 2. The van der Waals surface area contributed by atoms with Gasteiger partial charge < -0.3 is 9.47 Å². The summed E-state index contributed by atoms with van der Waals surface area (Å²) >= 11 is 1.45. The summed E-state index contributed by atoms with van der Waals surface area (Å²) < 4.78 is 12.9. The Morgan fingerprint density at radius 2 is 1.74 bits per heavy atom. The first kappa shape index (κ1) is 21.4. The number of benzene rings is 2. The molecule has 0 unspecified atom stereocenters. The molecule has 162 valence electrons. The first-order valence-electron chi connectivity index (χ1n) is 10.6. The summed E-state index contributed by atoms with van der Waals surface area (Å²) in [6.45, 7) is 0. The van der Waals surface area contributed by atoms with Crippen LogP contribution in [-0.4, -0.2) is 40.5 Å². The number of ketones is 1. The third-order valence-electron chi connectivity index (χ3n) is 5.69. The smallest absolute Gasteiger partial charge is 0.192 e. The zero-order valence-corrected chi connectivity index (χ0v) is 18.7. The molecular weight excluding hydrogens is 410 g/mol. The summed E-state index contributed by atoms with van der Waals surface area (Å²) in [5, 5.41) is 9.79. The molecular formula is C24H27N3O3S. The summed E-state index contributed by atoms with van der Waals surface area (Å²) in [6, 6.07) is 15.6. The van der Waals surface area contributed by atoms with Gasteiger partial charge in [-0.05, 0) is 49.2 Å². The Morgan fingerprint density at radius 1 is 1.00 bits per heavy atom. The normalized spacial score (nSPS) is 14.4. The summed E-state index contributed by atoms with van der Waals surface area (Å²) in [6.07, 6.45) is 5.89. The third kappa shape index (κ3) is 4.77. The Hall–Kier alpha value is -2.80. The Bertz CT molecular complexity index is 1030. The van der Waals surface area contributed by atoms with Gasteiger partial charge in [0.05, 0.1) is 25.5 Å². The lowest BCUT2D eigenvalue weighted by Crippen LogP contribution is -2.15. The number of nitrogens with zero attached hydrogens (tertiary/aromatic N) is 3. The van der Waals surface area contributed by atoms with Crippen LogP contribution in [0.1, 0.15) is 48.5 Å². The van der Waals surface area contributed by atoms with Gasteiger partial charge >= 0.3 is 0 Å². The summed E-state index contributed by atoms with van der Waals surface area (Å²) in [5.74, 6) is 2.56. The van der Waals surface area contributed by atoms with E-state index in [1.54, 1.807) is 20.3 Å². The van der Waals surface area contributed by atoms with E-state index in [2.05, 4.69) is 14.8 Å². The quantitative estimate of drug-likeness (QED) is 0.345. The summed E-state index contributed by atoms with van der Waals surface area (Å²) in [5.41, 5.74) is 1.60. The van der Waals surface area contributed by atoms with E-state index in [4.69, 9.17) is 9.47 Å². The van der Waals surface area contributed by atoms with Gasteiger partial charge in [0, 0.05) is 11.6 Å². The lowest BCUT2D eigenvalue weighted by atomic mass is 9.95. The van der Waals surface area contributed by atoms with E-state index in [-0.39, 0.29) is 11.5 Å². The molecule has 1 fully saturated rings. The van der Waals surface area contributed by atoms with Gasteiger partial charge in [0.1, 0.15) is 11.5 Å². The fourth-order valence-electron chi connectivity index (χ4n) is 4.06. The van der Waals surface area contributed by atoms with E-state index < -0.39 is 0 Å². The number of rotatable bonds is 8. The van der Waals surface area contributed by atoms with Crippen LogP contribution in [0.5, 0.6) is 11.5 Å². The largest absolute Gasteiger partial charge is 0.497 e. The molecule has 4 rings (SSSR count). The predicted octanol–water partition coefficient (Wildman–Crippen LogP) is 5.44. The molecule has 3 aromatic rings. The number of Topliss-reactive ketones (excluding diaryl/α,β-unsaturated/α-hetero) is 1. The standard InChI is InChI=1S/C24H27N3O3S/c1-29-19-14-12-17(13-15-19)23-25-26-24(27(23)18-8-4-3-5-9-18)31-16-21(28)20-10-6-7-11-22(20)30-2/h6-7,10-15,18H,3-5,8-9,16H2,1-2H3.